The van der Waals surface area contributed by atoms with Crippen molar-refractivity contribution in [2.45, 2.75) is 6.61 Å². The number of ether oxygens (including phenoxy) is 1. The SMILES string of the molecule is O=[N+]([O-])c1ccc(COP(=O)(N2CC2)N2CC2)cc1Oc1ccc(NS(=O)(=O)CO)cc1. The van der Waals surface area contributed by atoms with Gasteiger partial charge in [0.15, 0.2) is 5.94 Å². The lowest BCUT2D eigenvalue weighted by Gasteiger charge is -2.19. The molecule has 2 aliphatic heterocycles. The molecule has 0 radical (unpaired) electrons. The van der Waals surface area contributed by atoms with Gasteiger partial charge in [0.1, 0.15) is 5.75 Å². The van der Waals surface area contributed by atoms with E-state index < -0.39 is 28.6 Å². The Hall–Kier alpha value is -2.54. The standard InChI is InChI=1S/C18H21N4O8PS/c23-13-32(27,28)19-15-2-4-16(5-3-15)30-18-11-14(1-6-17(18)22(24)25)12-29-31(26,20-7-8-20)21-9-10-21/h1-6,11,19,23H,7-10,12-13H2. The van der Waals surface area contributed by atoms with E-state index in [1.807, 2.05) is 0 Å². The molecule has 2 saturated heterocycles. The molecule has 172 valence electrons. The lowest BCUT2D eigenvalue weighted by Crippen LogP contribution is -2.15. The second-order valence-electron chi connectivity index (χ2n) is 7.20. The molecule has 12 nitrogen and oxygen atoms in total. The van der Waals surface area contributed by atoms with E-state index in [0.717, 1.165) is 0 Å². The van der Waals surface area contributed by atoms with Gasteiger partial charge >= 0.3 is 13.4 Å². The Labute approximate surface area is 184 Å². The van der Waals surface area contributed by atoms with Crippen LogP contribution in [0.25, 0.3) is 0 Å². The first-order valence-electron chi connectivity index (χ1n) is 9.62. The Morgan fingerprint density at radius 2 is 1.72 bits per heavy atom. The fourth-order valence-corrected chi connectivity index (χ4v) is 5.66. The van der Waals surface area contributed by atoms with Crippen molar-refractivity contribution in [3.63, 3.8) is 0 Å². The maximum atomic E-state index is 13.0. The van der Waals surface area contributed by atoms with Crippen molar-refractivity contribution in [3.8, 4) is 11.5 Å². The van der Waals surface area contributed by atoms with Gasteiger partial charge in [0, 0.05) is 37.9 Å². The van der Waals surface area contributed by atoms with Crippen LogP contribution in [0, 0.1) is 10.1 Å². The fraction of sp³-hybridized carbons (Fsp3) is 0.333. The van der Waals surface area contributed by atoms with Gasteiger partial charge in [0.05, 0.1) is 11.5 Å². The molecule has 0 saturated carbocycles. The highest BCUT2D eigenvalue weighted by atomic mass is 32.2. The number of nitrogens with zero attached hydrogens (tertiary/aromatic N) is 3. The van der Waals surface area contributed by atoms with E-state index in [1.165, 1.54) is 42.5 Å². The van der Waals surface area contributed by atoms with Crippen LogP contribution in [0.1, 0.15) is 5.56 Å². The van der Waals surface area contributed by atoms with Crippen molar-refractivity contribution in [3.05, 3.63) is 58.1 Å². The molecule has 32 heavy (non-hydrogen) atoms. The summed E-state index contributed by atoms with van der Waals surface area (Å²) in [4.78, 5) is 10.8. The molecular formula is C18H21N4O8PS. The van der Waals surface area contributed by atoms with E-state index >= 15 is 0 Å². The number of hydrogen-bond acceptors (Lipinski definition) is 8. The number of benzene rings is 2. The summed E-state index contributed by atoms with van der Waals surface area (Å²) in [7, 11) is -6.88. The Bertz CT molecular complexity index is 1150. The van der Waals surface area contributed by atoms with Crippen LogP contribution in [0.3, 0.4) is 0 Å². The monoisotopic (exact) mass is 484 g/mol. The Morgan fingerprint density at radius 1 is 1.09 bits per heavy atom. The molecule has 2 heterocycles. The molecule has 2 fully saturated rings. The molecule has 2 aromatic rings. The number of nitro groups is 1. The molecule has 2 aromatic carbocycles. The van der Waals surface area contributed by atoms with Gasteiger partial charge in [-0.1, -0.05) is 0 Å². The van der Waals surface area contributed by atoms with Crippen LogP contribution in [-0.4, -0.2) is 59.9 Å². The molecule has 0 bridgehead atoms. The molecule has 2 N–H and O–H groups in total. The first-order chi connectivity index (χ1) is 15.2. The normalized spacial score (nSPS) is 16.5. The average Bonchev–Trinajstić information content (AvgIpc) is 3.65. The summed E-state index contributed by atoms with van der Waals surface area (Å²) in [5.74, 6) is -0.862. The third kappa shape index (κ3) is 5.26. The van der Waals surface area contributed by atoms with Crippen LogP contribution >= 0.6 is 7.67 Å². The Morgan fingerprint density at radius 3 is 2.25 bits per heavy atom. The highest BCUT2D eigenvalue weighted by Gasteiger charge is 2.49. The maximum absolute atomic E-state index is 13.0. The zero-order valence-corrected chi connectivity index (χ0v) is 18.5. The molecule has 2 aliphatic rings. The molecule has 0 spiro atoms. The number of rotatable bonds is 11. The molecule has 0 aromatic heterocycles. The van der Waals surface area contributed by atoms with Crippen LogP contribution in [0.4, 0.5) is 11.4 Å². The topological polar surface area (TPSA) is 151 Å². The molecular weight excluding hydrogens is 463 g/mol. The van der Waals surface area contributed by atoms with Gasteiger partial charge in [-0.3, -0.25) is 19.4 Å². The second kappa shape index (κ2) is 8.77. The van der Waals surface area contributed by atoms with Crippen LogP contribution in [0.15, 0.2) is 42.5 Å². The van der Waals surface area contributed by atoms with Gasteiger partial charge in [-0.05, 0) is 42.0 Å². The third-order valence-electron chi connectivity index (χ3n) is 4.71. The molecule has 0 amide bonds. The lowest BCUT2D eigenvalue weighted by molar-refractivity contribution is -0.385. The average molecular weight is 484 g/mol. The Kier molecular flexibility index (Phi) is 6.21. The summed E-state index contributed by atoms with van der Waals surface area (Å²) in [5.41, 5.74) is 0.490. The van der Waals surface area contributed by atoms with Gasteiger partial charge < -0.3 is 14.4 Å². The number of aliphatic hydroxyl groups excluding tert-OH is 1. The van der Waals surface area contributed by atoms with E-state index in [9.17, 15) is 23.1 Å². The van der Waals surface area contributed by atoms with E-state index in [0.29, 0.717) is 31.7 Å². The predicted octanol–water partition coefficient (Wildman–Crippen LogP) is 2.33. The molecule has 14 heteroatoms. The highest BCUT2D eigenvalue weighted by molar-refractivity contribution is 7.92. The van der Waals surface area contributed by atoms with Crippen LogP contribution in [0.2, 0.25) is 0 Å². The van der Waals surface area contributed by atoms with Gasteiger partial charge in [-0.2, -0.15) is 0 Å². The van der Waals surface area contributed by atoms with E-state index in [2.05, 4.69) is 4.72 Å². The second-order valence-corrected chi connectivity index (χ2v) is 11.3. The number of nitro benzene ring substituents is 1. The smallest absolute Gasteiger partial charge is 0.346 e. The largest absolute Gasteiger partial charge is 0.450 e. The minimum atomic E-state index is -3.86. The highest BCUT2D eigenvalue weighted by Crippen LogP contribution is 2.61. The van der Waals surface area contributed by atoms with Gasteiger partial charge in [-0.25, -0.2) is 17.8 Å². The van der Waals surface area contributed by atoms with Crippen molar-refractivity contribution in [2.75, 3.05) is 36.8 Å². The Balaban J connectivity index is 1.49. The molecule has 0 atom stereocenters. The van der Waals surface area contributed by atoms with Gasteiger partial charge in [0.25, 0.3) is 10.0 Å². The summed E-state index contributed by atoms with van der Waals surface area (Å²) < 4.78 is 53.0. The first kappa shape index (κ1) is 22.6. The number of sulfonamides is 1. The summed E-state index contributed by atoms with van der Waals surface area (Å²) in [6.07, 6.45) is 0. The number of hydrogen-bond donors (Lipinski definition) is 2. The van der Waals surface area contributed by atoms with Gasteiger partial charge in [-0.15, -0.1) is 0 Å². The number of nitrogens with one attached hydrogen (secondary N) is 1. The third-order valence-corrected chi connectivity index (χ3v) is 8.29. The first-order valence-corrected chi connectivity index (χ1v) is 12.8. The quantitative estimate of drug-likeness (QED) is 0.210. The molecule has 0 aliphatic carbocycles. The van der Waals surface area contributed by atoms with E-state index in [4.69, 9.17) is 14.4 Å². The summed E-state index contributed by atoms with van der Waals surface area (Å²) in [5, 5.41) is 20.2. The van der Waals surface area contributed by atoms with Crippen molar-refractivity contribution in [2.24, 2.45) is 0 Å². The molecule has 0 unspecified atom stereocenters. The van der Waals surface area contributed by atoms with Crippen molar-refractivity contribution >= 4 is 29.1 Å². The fourth-order valence-electron chi connectivity index (χ4n) is 2.91. The summed E-state index contributed by atoms with van der Waals surface area (Å²) >= 11 is 0. The zero-order chi connectivity index (χ0) is 22.9. The van der Waals surface area contributed by atoms with Crippen molar-refractivity contribution in [1.29, 1.82) is 0 Å². The summed E-state index contributed by atoms with van der Waals surface area (Å²) in [6, 6.07) is 9.91. The van der Waals surface area contributed by atoms with Crippen LogP contribution in [0.5, 0.6) is 11.5 Å². The lowest BCUT2D eigenvalue weighted by atomic mass is 10.2. The van der Waals surface area contributed by atoms with E-state index in [1.54, 1.807) is 9.34 Å². The zero-order valence-electron chi connectivity index (χ0n) is 16.8. The van der Waals surface area contributed by atoms with Crippen molar-refractivity contribution in [1.82, 2.24) is 9.34 Å². The molecule has 4 rings (SSSR count). The van der Waals surface area contributed by atoms with Crippen LogP contribution < -0.4 is 9.46 Å². The number of anilines is 1. The number of aliphatic hydroxyl groups is 1. The predicted molar refractivity (Wildman–Crippen MR) is 115 cm³/mol. The minimum Gasteiger partial charge on any atom is -0.450 e. The van der Waals surface area contributed by atoms with E-state index in [-0.39, 0.29) is 29.5 Å². The van der Waals surface area contributed by atoms with Crippen LogP contribution in [-0.2, 0) is 25.7 Å². The van der Waals surface area contributed by atoms with Gasteiger partial charge in [0.2, 0.25) is 5.75 Å². The van der Waals surface area contributed by atoms with Crippen molar-refractivity contribution < 1.29 is 32.3 Å². The summed E-state index contributed by atoms with van der Waals surface area (Å²) in [6.45, 7) is 2.86. The maximum Gasteiger partial charge on any atom is 0.346 e. The minimum absolute atomic E-state index is 0.000505.